The summed E-state index contributed by atoms with van der Waals surface area (Å²) < 4.78 is 16.2. The minimum atomic E-state index is 0.183. The van der Waals surface area contributed by atoms with Crippen molar-refractivity contribution in [1.29, 1.82) is 0 Å². The second-order valence-corrected chi connectivity index (χ2v) is 5.25. The van der Waals surface area contributed by atoms with Crippen LogP contribution in [-0.2, 0) is 4.74 Å². The fourth-order valence-electron chi connectivity index (χ4n) is 1.95. The van der Waals surface area contributed by atoms with E-state index in [-0.39, 0.29) is 6.04 Å². The van der Waals surface area contributed by atoms with Gasteiger partial charge in [0.05, 0.1) is 20.8 Å². The quantitative estimate of drug-likeness (QED) is 0.706. The molecule has 0 fully saturated rings. The van der Waals surface area contributed by atoms with E-state index >= 15 is 0 Å². The zero-order valence-corrected chi connectivity index (χ0v) is 13.2. The molecule has 0 amide bonds. The summed E-state index contributed by atoms with van der Waals surface area (Å²) in [6.45, 7) is 8.75. The van der Waals surface area contributed by atoms with E-state index in [4.69, 9.17) is 14.2 Å². The molecule has 20 heavy (non-hydrogen) atoms. The van der Waals surface area contributed by atoms with Crippen molar-refractivity contribution < 1.29 is 14.2 Å². The summed E-state index contributed by atoms with van der Waals surface area (Å²) in [5.41, 5.74) is 1.09. The fourth-order valence-corrected chi connectivity index (χ4v) is 1.95. The minimum absolute atomic E-state index is 0.183. The summed E-state index contributed by atoms with van der Waals surface area (Å²) in [6.07, 6.45) is 0. The van der Waals surface area contributed by atoms with Crippen molar-refractivity contribution in [3.63, 3.8) is 0 Å². The van der Waals surface area contributed by atoms with Gasteiger partial charge in [-0.05, 0) is 31.0 Å². The topological polar surface area (TPSA) is 39.7 Å². The van der Waals surface area contributed by atoms with E-state index in [0.29, 0.717) is 5.92 Å². The summed E-state index contributed by atoms with van der Waals surface area (Å²) in [5.74, 6) is 2.28. The summed E-state index contributed by atoms with van der Waals surface area (Å²) in [7, 11) is 3.35. The molecule has 4 heteroatoms. The first-order chi connectivity index (χ1) is 9.58. The molecule has 0 saturated carbocycles. The molecule has 1 aromatic carbocycles. The lowest BCUT2D eigenvalue weighted by Gasteiger charge is -2.18. The van der Waals surface area contributed by atoms with Crippen LogP contribution in [0.3, 0.4) is 0 Å². The van der Waals surface area contributed by atoms with Crippen LogP contribution < -0.4 is 14.8 Å². The lowest BCUT2D eigenvalue weighted by molar-refractivity contribution is 0.110. The van der Waals surface area contributed by atoms with Crippen LogP contribution in [-0.4, -0.2) is 34.0 Å². The molecule has 0 saturated heterocycles. The molecular formula is C16H27NO3. The van der Waals surface area contributed by atoms with Gasteiger partial charge in [-0.1, -0.05) is 13.8 Å². The van der Waals surface area contributed by atoms with Crippen LogP contribution >= 0.6 is 0 Å². The summed E-state index contributed by atoms with van der Waals surface area (Å²) in [5, 5.41) is 3.44. The molecule has 1 aromatic rings. The molecule has 0 bridgehead atoms. The van der Waals surface area contributed by atoms with Gasteiger partial charge in [-0.25, -0.2) is 0 Å². The second kappa shape index (κ2) is 8.82. The Balaban J connectivity index is 2.51. The van der Waals surface area contributed by atoms with E-state index < -0.39 is 0 Å². The van der Waals surface area contributed by atoms with Gasteiger partial charge in [-0.3, -0.25) is 0 Å². The lowest BCUT2D eigenvalue weighted by Crippen LogP contribution is -2.24. The molecule has 0 spiro atoms. The van der Waals surface area contributed by atoms with Gasteiger partial charge in [0.1, 0.15) is 11.5 Å². The van der Waals surface area contributed by atoms with Crippen molar-refractivity contribution in [2.24, 2.45) is 5.92 Å². The van der Waals surface area contributed by atoms with Gasteiger partial charge in [0.2, 0.25) is 0 Å². The third-order valence-electron chi connectivity index (χ3n) is 3.05. The van der Waals surface area contributed by atoms with Crippen LogP contribution in [0.2, 0.25) is 0 Å². The molecular weight excluding hydrogens is 254 g/mol. The van der Waals surface area contributed by atoms with E-state index in [1.54, 1.807) is 14.2 Å². The standard InChI is InChI=1S/C16H27NO3/c1-12(2)11-20-9-8-17-13(3)15-10-14(18-4)6-7-16(15)19-5/h6-7,10,12-13,17H,8-9,11H2,1-5H3. The van der Waals surface area contributed by atoms with Gasteiger partial charge in [0.25, 0.3) is 0 Å². The van der Waals surface area contributed by atoms with E-state index in [2.05, 4.69) is 26.1 Å². The van der Waals surface area contributed by atoms with E-state index in [1.807, 2.05) is 18.2 Å². The highest BCUT2D eigenvalue weighted by Gasteiger charge is 2.12. The van der Waals surface area contributed by atoms with Gasteiger partial charge >= 0.3 is 0 Å². The molecule has 1 rings (SSSR count). The number of rotatable bonds is 9. The van der Waals surface area contributed by atoms with Gasteiger partial charge < -0.3 is 19.5 Å². The fraction of sp³-hybridized carbons (Fsp3) is 0.625. The number of ether oxygens (including phenoxy) is 3. The van der Waals surface area contributed by atoms with Crippen molar-refractivity contribution in [3.05, 3.63) is 23.8 Å². The van der Waals surface area contributed by atoms with Crippen molar-refractivity contribution in [1.82, 2.24) is 5.32 Å². The highest BCUT2D eigenvalue weighted by Crippen LogP contribution is 2.28. The summed E-state index contributed by atoms with van der Waals surface area (Å²) in [4.78, 5) is 0. The third-order valence-corrected chi connectivity index (χ3v) is 3.05. The average molecular weight is 281 g/mol. The molecule has 0 radical (unpaired) electrons. The van der Waals surface area contributed by atoms with Crippen molar-refractivity contribution in [2.75, 3.05) is 34.0 Å². The first-order valence-corrected chi connectivity index (χ1v) is 7.11. The van der Waals surface area contributed by atoms with Gasteiger partial charge in [-0.2, -0.15) is 0 Å². The number of hydrogen-bond donors (Lipinski definition) is 1. The SMILES string of the molecule is COc1ccc(OC)c(C(C)NCCOCC(C)C)c1. The molecule has 1 unspecified atom stereocenters. The Labute approximate surface area is 122 Å². The van der Waals surface area contributed by atoms with E-state index in [0.717, 1.165) is 36.8 Å². The Morgan fingerprint density at radius 3 is 2.45 bits per heavy atom. The Kier molecular flexibility index (Phi) is 7.41. The van der Waals surface area contributed by atoms with Crippen LogP contribution in [0.5, 0.6) is 11.5 Å². The molecule has 1 atom stereocenters. The molecule has 0 aliphatic carbocycles. The summed E-state index contributed by atoms with van der Waals surface area (Å²) in [6, 6.07) is 6.02. The van der Waals surface area contributed by atoms with Gasteiger partial charge in [0, 0.05) is 24.8 Å². The third kappa shape index (κ3) is 5.39. The Morgan fingerprint density at radius 2 is 1.85 bits per heavy atom. The second-order valence-electron chi connectivity index (χ2n) is 5.25. The maximum absolute atomic E-state index is 5.56. The van der Waals surface area contributed by atoms with E-state index in [9.17, 15) is 0 Å². The largest absolute Gasteiger partial charge is 0.497 e. The number of benzene rings is 1. The Hall–Kier alpha value is -1.26. The average Bonchev–Trinajstić information content (AvgIpc) is 2.45. The molecule has 0 aromatic heterocycles. The number of hydrogen-bond acceptors (Lipinski definition) is 4. The van der Waals surface area contributed by atoms with Crippen LogP contribution in [0.1, 0.15) is 32.4 Å². The maximum atomic E-state index is 5.56. The lowest BCUT2D eigenvalue weighted by atomic mass is 10.1. The molecule has 114 valence electrons. The highest BCUT2D eigenvalue weighted by molar-refractivity contribution is 5.42. The van der Waals surface area contributed by atoms with Crippen LogP contribution in [0.25, 0.3) is 0 Å². The van der Waals surface area contributed by atoms with Crippen molar-refractivity contribution in [3.8, 4) is 11.5 Å². The first-order valence-electron chi connectivity index (χ1n) is 7.11. The number of nitrogens with one attached hydrogen (secondary N) is 1. The van der Waals surface area contributed by atoms with Crippen LogP contribution in [0.4, 0.5) is 0 Å². The van der Waals surface area contributed by atoms with E-state index in [1.165, 1.54) is 0 Å². The maximum Gasteiger partial charge on any atom is 0.123 e. The minimum Gasteiger partial charge on any atom is -0.497 e. The zero-order valence-electron chi connectivity index (χ0n) is 13.2. The Bertz CT molecular complexity index is 393. The molecule has 0 heterocycles. The zero-order chi connectivity index (χ0) is 15.0. The Morgan fingerprint density at radius 1 is 1.10 bits per heavy atom. The smallest absolute Gasteiger partial charge is 0.123 e. The predicted molar refractivity (Wildman–Crippen MR) is 81.6 cm³/mol. The molecule has 0 aliphatic rings. The summed E-state index contributed by atoms with van der Waals surface area (Å²) >= 11 is 0. The predicted octanol–water partition coefficient (Wildman–Crippen LogP) is 3.03. The normalized spacial score (nSPS) is 12.5. The van der Waals surface area contributed by atoms with Crippen molar-refractivity contribution in [2.45, 2.75) is 26.8 Å². The van der Waals surface area contributed by atoms with Crippen molar-refractivity contribution >= 4 is 0 Å². The van der Waals surface area contributed by atoms with Crippen LogP contribution in [0.15, 0.2) is 18.2 Å². The van der Waals surface area contributed by atoms with Gasteiger partial charge in [0.15, 0.2) is 0 Å². The molecule has 4 nitrogen and oxygen atoms in total. The molecule has 1 N–H and O–H groups in total. The molecule has 0 aliphatic heterocycles. The number of methoxy groups -OCH3 is 2. The monoisotopic (exact) mass is 281 g/mol. The first kappa shape index (κ1) is 16.8. The highest BCUT2D eigenvalue weighted by atomic mass is 16.5. The van der Waals surface area contributed by atoms with Gasteiger partial charge in [-0.15, -0.1) is 0 Å². The van der Waals surface area contributed by atoms with Crippen LogP contribution in [0, 0.1) is 5.92 Å².